The third-order valence-corrected chi connectivity index (χ3v) is 8.78. The summed E-state index contributed by atoms with van der Waals surface area (Å²) in [7, 11) is -2.21. The molecule has 0 aliphatic carbocycles. The van der Waals surface area contributed by atoms with Crippen LogP contribution in [0.25, 0.3) is 0 Å². The lowest BCUT2D eigenvalue weighted by atomic mass is 10.1. The van der Waals surface area contributed by atoms with Gasteiger partial charge in [0.05, 0.1) is 29.2 Å². The van der Waals surface area contributed by atoms with Gasteiger partial charge in [0.25, 0.3) is 15.9 Å². The van der Waals surface area contributed by atoms with E-state index >= 15 is 0 Å². The summed E-state index contributed by atoms with van der Waals surface area (Å²) in [5, 5.41) is 2.93. The van der Waals surface area contributed by atoms with E-state index in [1.54, 1.807) is 77.7 Å². The Hall–Kier alpha value is -4.63. The molecule has 0 radical (unpaired) electrons. The number of hydrogen-bond donors (Lipinski definition) is 1. The van der Waals surface area contributed by atoms with Gasteiger partial charge in [-0.25, -0.2) is 8.42 Å². The van der Waals surface area contributed by atoms with Gasteiger partial charge in [0.1, 0.15) is 5.75 Å². The molecule has 0 saturated carbocycles. The maximum atomic E-state index is 13.5. The smallest absolute Gasteiger partial charge is 0.264 e. The van der Waals surface area contributed by atoms with E-state index < -0.39 is 16.1 Å². The van der Waals surface area contributed by atoms with Gasteiger partial charge in [-0.15, -0.1) is 0 Å². The molecule has 9 heteroatoms. The van der Waals surface area contributed by atoms with Crippen molar-refractivity contribution in [3.63, 3.8) is 0 Å². The number of rotatable bonds is 9. The molecule has 8 nitrogen and oxygen atoms in total. The van der Waals surface area contributed by atoms with Gasteiger partial charge in [0.2, 0.25) is 5.91 Å². The van der Waals surface area contributed by atoms with Crippen LogP contribution < -0.4 is 19.3 Å². The first-order valence-electron chi connectivity index (χ1n) is 13.3. The lowest BCUT2D eigenvalue weighted by Gasteiger charge is -2.34. The Morgan fingerprint density at radius 3 is 2.20 bits per heavy atom. The Bertz CT molecular complexity index is 1610. The average Bonchev–Trinajstić information content (AvgIpc) is 3.01. The van der Waals surface area contributed by atoms with Crippen molar-refractivity contribution in [3.8, 4) is 5.75 Å². The predicted octanol–water partition coefficient (Wildman–Crippen LogP) is 4.21. The van der Waals surface area contributed by atoms with Crippen molar-refractivity contribution in [2.75, 3.05) is 29.3 Å². The minimum atomic E-state index is -3.71. The molecule has 210 valence electrons. The highest BCUT2D eigenvalue weighted by atomic mass is 32.2. The van der Waals surface area contributed by atoms with Gasteiger partial charge in [-0.05, 0) is 53.9 Å². The Kier molecular flexibility index (Phi) is 8.35. The zero-order valence-electron chi connectivity index (χ0n) is 22.6. The molecule has 1 N–H and O–H groups in total. The summed E-state index contributed by atoms with van der Waals surface area (Å²) in [5.41, 5.74) is 2.93. The molecule has 0 unspecified atom stereocenters. The number of para-hydroxylation sites is 2. The number of anilines is 2. The minimum absolute atomic E-state index is 0.0755. The van der Waals surface area contributed by atoms with Crippen LogP contribution in [0.4, 0.5) is 11.4 Å². The maximum absolute atomic E-state index is 13.5. The number of nitrogens with one attached hydrogen (secondary N) is 1. The van der Waals surface area contributed by atoms with Crippen LogP contribution in [-0.2, 0) is 32.5 Å². The zero-order valence-corrected chi connectivity index (χ0v) is 23.5. The van der Waals surface area contributed by atoms with Crippen molar-refractivity contribution in [2.24, 2.45) is 0 Å². The Morgan fingerprint density at radius 1 is 0.854 bits per heavy atom. The van der Waals surface area contributed by atoms with E-state index in [0.29, 0.717) is 30.1 Å². The normalized spacial score (nSPS) is 14.5. The van der Waals surface area contributed by atoms with Gasteiger partial charge in [-0.1, -0.05) is 72.8 Å². The van der Waals surface area contributed by atoms with E-state index in [1.807, 2.05) is 36.4 Å². The summed E-state index contributed by atoms with van der Waals surface area (Å²) in [6.07, 6.45) is -0.0773. The number of fused-ring (bicyclic) bond motifs is 1. The lowest BCUT2D eigenvalue weighted by molar-refractivity contribution is -0.128. The Balaban J connectivity index is 1.25. The molecule has 1 atom stereocenters. The van der Waals surface area contributed by atoms with Gasteiger partial charge < -0.3 is 15.0 Å². The summed E-state index contributed by atoms with van der Waals surface area (Å²) in [5.74, 6) is -0.000465. The summed E-state index contributed by atoms with van der Waals surface area (Å²) in [6, 6.07) is 32.1. The average molecular weight is 570 g/mol. The second kappa shape index (κ2) is 12.3. The van der Waals surface area contributed by atoms with E-state index in [2.05, 4.69) is 5.32 Å². The third-order valence-electron chi connectivity index (χ3n) is 6.98. The van der Waals surface area contributed by atoms with Crippen LogP contribution in [-0.4, -0.2) is 46.5 Å². The van der Waals surface area contributed by atoms with Gasteiger partial charge >= 0.3 is 0 Å². The van der Waals surface area contributed by atoms with E-state index in [0.717, 1.165) is 11.1 Å². The van der Waals surface area contributed by atoms with Crippen LogP contribution in [0.2, 0.25) is 0 Å². The molecule has 2 amide bonds. The number of ether oxygens (including phenoxy) is 1. The molecule has 0 bridgehead atoms. The van der Waals surface area contributed by atoms with Crippen LogP contribution in [0.3, 0.4) is 0 Å². The van der Waals surface area contributed by atoms with Crippen molar-refractivity contribution in [2.45, 2.75) is 23.8 Å². The summed E-state index contributed by atoms with van der Waals surface area (Å²) in [6.45, 7) is 0.544. The quantitative estimate of drug-likeness (QED) is 0.326. The number of carbonyl (C=O) groups excluding carboxylic acids is 2. The topological polar surface area (TPSA) is 96.0 Å². The minimum Gasteiger partial charge on any atom is -0.477 e. The van der Waals surface area contributed by atoms with E-state index in [-0.39, 0.29) is 29.7 Å². The number of nitrogens with zero attached hydrogens (tertiary/aromatic N) is 2. The molecule has 0 spiro atoms. The predicted molar refractivity (Wildman–Crippen MR) is 159 cm³/mol. The zero-order chi connectivity index (χ0) is 28.8. The van der Waals surface area contributed by atoms with Crippen LogP contribution in [0.15, 0.2) is 114 Å². The highest BCUT2D eigenvalue weighted by Crippen LogP contribution is 2.34. The standard InChI is InChI=1S/C32H31N3O5S/c1-34(41(38,39)27-12-6-3-7-13-27)26-18-16-25(17-19-26)22-31(36)35-23-30(40-29-15-9-8-14-28(29)35)32(37)33-21-20-24-10-4-2-5-11-24/h2-19,30H,20-23H2,1H3,(H,33,37)/t30-/m1/s1. The first-order valence-corrected chi connectivity index (χ1v) is 14.8. The van der Waals surface area contributed by atoms with Crippen molar-refractivity contribution < 1.29 is 22.7 Å². The molecule has 0 saturated heterocycles. The largest absolute Gasteiger partial charge is 0.477 e. The fourth-order valence-electron chi connectivity index (χ4n) is 4.68. The molecule has 1 heterocycles. The maximum Gasteiger partial charge on any atom is 0.264 e. The van der Waals surface area contributed by atoms with Crippen molar-refractivity contribution in [1.29, 1.82) is 0 Å². The van der Waals surface area contributed by atoms with Gasteiger partial charge in [0, 0.05) is 13.6 Å². The van der Waals surface area contributed by atoms with Crippen LogP contribution in [0.5, 0.6) is 5.75 Å². The molecule has 0 fully saturated rings. The third kappa shape index (κ3) is 6.41. The van der Waals surface area contributed by atoms with Gasteiger partial charge in [-0.2, -0.15) is 0 Å². The highest BCUT2D eigenvalue weighted by Gasteiger charge is 2.33. The molecular formula is C32H31N3O5S. The van der Waals surface area contributed by atoms with Crippen LogP contribution in [0, 0.1) is 0 Å². The molecule has 1 aliphatic rings. The van der Waals surface area contributed by atoms with Crippen molar-refractivity contribution >= 4 is 33.2 Å². The molecule has 4 aromatic rings. The first kappa shape index (κ1) is 27.9. The first-order chi connectivity index (χ1) is 19.8. The number of carbonyl (C=O) groups is 2. The fraction of sp³-hybridized carbons (Fsp3) is 0.188. The Morgan fingerprint density at radius 2 is 1.49 bits per heavy atom. The summed E-state index contributed by atoms with van der Waals surface area (Å²) in [4.78, 5) is 28.3. The molecular weight excluding hydrogens is 538 g/mol. The molecule has 5 rings (SSSR count). The second-order valence-electron chi connectivity index (χ2n) is 9.73. The van der Waals surface area contributed by atoms with E-state index in [9.17, 15) is 18.0 Å². The van der Waals surface area contributed by atoms with Gasteiger partial charge in [0.15, 0.2) is 6.10 Å². The van der Waals surface area contributed by atoms with Crippen molar-refractivity contribution in [3.05, 3.63) is 120 Å². The second-order valence-corrected chi connectivity index (χ2v) is 11.7. The number of benzene rings is 4. The van der Waals surface area contributed by atoms with Crippen molar-refractivity contribution in [1.82, 2.24) is 5.32 Å². The molecule has 0 aromatic heterocycles. The van der Waals surface area contributed by atoms with Gasteiger partial charge in [-0.3, -0.25) is 13.9 Å². The van der Waals surface area contributed by atoms with E-state index in [1.165, 1.54) is 11.4 Å². The molecule has 41 heavy (non-hydrogen) atoms. The van der Waals surface area contributed by atoms with Crippen LogP contribution >= 0.6 is 0 Å². The summed E-state index contributed by atoms with van der Waals surface area (Å²) < 4.78 is 33.1. The number of sulfonamides is 1. The molecule has 4 aromatic carbocycles. The number of amides is 2. The van der Waals surface area contributed by atoms with Crippen LogP contribution in [0.1, 0.15) is 11.1 Å². The summed E-state index contributed by atoms with van der Waals surface area (Å²) >= 11 is 0. The van der Waals surface area contributed by atoms with E-state index in [4.69, 9.17) is 4.74 Å². The Labute approximate surface area is 240 Å². The monoisotopic (exact) mass is 569 g/mol. The number of hydrogen-bond acceptors (Lipinski definition) is 5. The molecule has 1 aliphatic heterocycles. The highest BCUT2D eigenvalue weighted by molar-refractivity contribution is 7.92. The SMILES string of the molecule is CN(c1ccc(CC(=O)N2C[C@H](C(=O)NCCc3ccccc3)Oc3ccccc32)cc1)S(=O)(=O)c1ccccc1. The fourth-order valence-corrected chi connectivity index (χ4v) is 5.90. The lowest BCUT2D eigenvalue weighted by Crippen LogP contribution is -2.51.